The van der Waals surface area contributed by atoms with E-state index >= 15 is 0 Å². The lowest BCUT2D eigenvalue weighted by Gasteiger charge is -2.18. The molecule has 2 aromatic rings. The number of benzene rings is 2. The second kappa shape index (κ2) is 5.28. The lowest BCUT2D eigenvalue weighted by molar-refractivity contribution is 0.0426. The monoisotopic (exact) mass is 344 g/mol. The van der Waals surface area contributed by atoms with Gasteiger partial charge in [0.15, 0.2) is 0 Å². The average molecular weight is 345 g/mol. The second-order valence-corrected chi connectivity index (χ2v) is 4.94. The fraction of sp³-hybridized carbons (Fsp3) is 0.0714. The van der Waals surface area contributed by atoms with Crippen molar-refractivity contribution in [1.29, 1.82) is 0 Å². The predicted octanol–water partition coefficient (Wildman–Crippen LogP) is 4.43. The normalized spacial score (nSPS) is 11.4. The van der Waals surface area contributed by atoms with E-state index in [4.69, 9.17) is 5.11 Å². The van der Waals surface area contributed by atoms with Crippen LogP contribution in [0.2, 0.25) is 0 Å². The molecule has 104 valence electrons. The van der Waals surface area contributed by atoms with Gasteiger partial charge in [0.05, 0.1) is 5.56 Å². The van der Waals surface area contributed by atoms with E-state index in [-0.39, 0.29) is 10.0 Å². The van der Waals surface area contributed by atoms with Crippen LogP contribution < -0.4 is 0 Å². The van der Waals surface area contributed by atoms with Crippen molar-refractivity contribution in [2.45, 2.75) is 5.92 Å². The summed E-state index contributed by atoms with van der Waals surface area (Å²) >= 11 is 2.99. The van der Waals surface area contributed by atoms with Crippen molar-refractivity contribution < 1.29 is 23.1 Å². The van der Waals surface area contributed by atoms with Crippen molar-refractivity contribution in [3.05, 3.63) is 69.4 Å². The van der Waals surface area contributed by atoms with Gasteiger partial charge in [0.25, 0.3) is 5.92 Å². The Labute approximate surface area is 121 Å². The van der Waals surface area contributed by atoms with E-state index in [2.05, 4.69) is 15.9 Å². The van der Waals surface area contributed by atoms with Gasteiger partial charge in [0.2, 0.25) is 0 Å². The first-order valence-electron chi connectivity index (χ1n) is 5.49. The zero-order valence-electron chi connectivity index (χ0n) is 9.91. The molecule has 2 nitrogen and oxygen atoms in total. The minimum absolute atomic E-state index is 0.212. The van der Waals surface area contributed by atoms with Crippen molar-refractivity contribution in [1.82, 2.24) is 0 Å². The molecule has 0 unspecified atom stereocenters. The Balaban J connectivity index is 2.51. The van der Waals surface area contributed by atoms with E-state index in [1.807, 2.05) is 0 Å². The van der Waals surface area contributed by atoms with E-state index in [9.17, 15) is 18.0 Å². The van der Waals surface area contributed by atoms with E-state index in [0.717, 1.165) is 36.4 Å². The third kappa shape index (κ3) is 2.70. The number of halogens is 4. The summed E-state index contributed by atoms with van der Waals surface area (Å²) in [6.07, 6.45) is 0. The molecule has 0 saturated heterocycles. The molecule has 0 heterocycles. The number of hydrogen-bond acceptors (Lipinski definition) is 1. The van der Waals surface area contributed by atoms with Gasteiger partial charge in [0, 0.05) is 15.6 Å². The van der Waals surface area contributed by atoms with Crippen molar-refractivity contribution in [2.75, 3.05) is 0 Å². The molecule has 2 rings (SSSR count). The first-order chi connectivity index (χ1) is 9.32. The summed E-state index contributed by atoms with van der Waals surface area (Å²) in [5, 5.41) is 8.94. The highest BCUT2D eigenvalue weighted by Gasteiger charge is 2.34. The molecule has 6 heteroatoms. The van der Waals surface area contributed by atoms with Crippen LogP contribution in [0.1, 0.15) is 21.5 Å². The number of aromatic carboxylic acids is 1. The molecule has 0 radical (unpaired) electrons. The standard InChI is InChI=1S/C14H8BrF3O2/c15-12-6-3-9(7-11(12)13(19)20)14(17,18)8-1-4-10(16)5-2-8/h1-7H,(H,19,20). The first-order valence-corrected chi connectivity index (χ1v) is 6.29. The molecule has 0 atom stereocenters. The quantitative estimate of drug-likeness (QED) is 0.894. The number of carboxylic acids is 1. The van der Waals surface area contributed by atoms with Crippen LogP contribution in [0.15, 0.2) is 46.9 Å². The molecule has 0 bridgehead atoms. The van der Waals surface area contributed by atoms with Gasteiger partial charge < -0.3 is 5.11 Å². The van der Waals surface area contributed by atoms with Crippen LogP contribution >= 0.6 is 15.9 Å². The van der Waals surface area contributed by atoms with Crippen LogP contribution in [0.25, 0.3) is 0 Å². The fourth-order valence-electron chi connectivity index (χ4n) is 1.71. The summed E-state index contributed by atoms with van der Waals surface area (Å²) in [7, 11) is 0. The molecular weight excluding hydrogens is 337 g/mol. The maximum atomic E-state index is 14.3. The van der Waals surface area contributed by atoms with Gasteiger partial charge in [-0.2, -0.15) is 8.78 Å². The molecule has 20 heavy (non-hydrogen) atoms. The topological polar surface area (TPSA) is 37.3 Å². The van der Waals surface area contributed by atoms with Crippen LogP contribution in [0.3, 0.4) is 0 Å². The van der Waals surface area contributed by atoms with Gasteiger partial charge in [0.1, 0.15) is 5.82 Å². The predicted molar refractivity (Wildman–Crippen MR) is 70.5 cm³/mol. The van der Waals surface area contributed by atoms with Gasteiger partial charge >= 0.3 is 5.97 Å². The van der Waals surface area contributed by atoms with Crippen LogP contribution in [0.5, 0.6) is 0 Å². The van der Waals surface area contributed by atoms with Gasteiger partial charge in [-0.15, -0.1) is 0 Å². The van der Waals surface area contributed by atoms with Gasteiger partial charge in [-0.1, -0.05) is 6.07 Å². The molecule has 0 aliphatic carbocycles. The van der Waals surface area contributed by atoms with Crippen molar-refractivity contribution in [3.8, 4) is 0 Å². The Hall–Kier alpha value is -1.82. The largest absolute Gasteiger partial charge is 0.478 e. The Morgan fingerprint density at radius 1 is 1.05 bits per heavy atom. The van der Waals surface area contributed by atoms with E-state index in [0.29, 0.717) is 0 Å². The van der Waals surface area contributed by atoms with E-state index in [1.165, 1.54) is 6.07 Å². The summed E-state index contributed by atoms with van der Waals surface area (Å²) in [4.78, 5) is 11.0. The van der Waals surface area contributed by atoms with Crippen molar-refractivity contribution >= 4 is 21.9 Å². The van der Waals surface area contributed by atoms with Crippen molar-refractivity contribution in [3.63, 3.8) is 0 Å². The lowest BCUT2D eigenvalue weighted by atomic mass is 9.98. The Morgan fingerprint density at radius 3 is 2.15 bits per heavy atom. The number of carbonyl (C=O) groups is 1. The summed E-state index contributed by atoms with van der Waals surface area (Å²) in [6, 6.07) is 7.07. The van der Waals surface area contributed by atoms with Gasteiger partial charge in [-0.3, -0.25) is 0 Å². The van der Waals surface area contributed by atoms with Gasteiger partial charge in [-0.25, -0.2) is 9.18 Å². The maximum absolute atomic E-state index is 14.3. The highest BCUT2D eigenvalue weighted by molar-refractivity contribution is 9.10. The molecule has 2 aromatic carbocycles. The molecule has 0 fully saturated rings. The molecule has 0 aliphatic heterocycles. The smallest absolute Gasteiger partial charge is 0.336 e. The first kappa shape index (κ1) is 14.6. The minimum atomic E-state index is -3.40. The van der Waals surface area contributed by atoms with Crippen molar-refractivity contribution in [2.24, 2.45) is 0 Å². The average Bonchev–Trinajstić information content (AvgIpc) is 2.39. The zero-order valence-corrected chi connectivity index (χ0v) is 11.5. The highest BCUT2D eigenvalue weighted by atomic mass is 79.9. The Kier molecular flexibility index (Phi) is 3.85. The number of carboxylic acid groups (broad SMARTS) is 1. The number of alkyl halides is 2. The number of hydrogen-bond donors (Lipinski definition) is 1. The number of rotatable bonds is 3. The molecule has 0 aliphatic rings. The molecule has 0 aromatic heterocycles. The third-order valence-corrected chi connectivity index (χ3v) is 3.46. The fourth-order valence-corrected chi connectivity index (χ4v) is 2.13. The minimum Gasteiger partial charge on any atom is -0.478 e. The third-order valence-electron chi connectivity index (χ3n) is 2.77. The molecule has 0 amide bonds. The van der Waals surface area contributed by atoms with Crippen LogP contribution in [-0.2, 0) is 5.92 Å². The summed E-state index contributed by atoms with van der Waals surface area (Å²) < 4.78 is 41.5. The summed E-state index contributed by atoms with van der Waals surface area (Å²) in [6.45, 7) is 0. The van der Waals surface area contributed by atoms with Gasteiger partial charge in [-0.05, 0) is 52.3 Å². The van der Waals surface area contributed by atoms with E-state index < -0.39 is 28.8 Å². The molecule has 0 saturated carbocycles. The van der Waals surface area contributed by atoms with Crippen LogP contribution in [0, 0.1) is 5.82 Å². The summed E-state index contributed by atoms with van der Waals surface area (Å²) in [5.41, 5.74) is -1.13. The highest BCUT2D eigenvalue weighted by Crippen LogP contribution is 2.37. The Bertz CT molecular complexity index is 654. The van der Waals surface area contributed by atoms with Crippen LogP contribution in [-0.4, -0.2) is 11.1 Å². The second-order valence-electron chi connectivity index (χ2n) is 4.08. The summed E-state index contributed by atoms with van der Waals surface area (Å²) in [5.74, 6) is -5.33. The maximum Gasteiger partial charge on any atom is 0.336 e. The molecular formula is C14H8BrF3O2. The van der Waals surface area contributed by atoms with E-state index in [1.54, 1.807) is 0 Å². The molecule has 0 spiro atoms. The molecule has 1 N–H and O–H groups in total. The van der Waals surface area contributed by atoms with Crippen LogP contribution in [0.4, 0.5) is 13.2 Å². The zero-order chi connectivity index (χ0) is 14.9. The lowest BCUT2D eigenvalue weighted by Crippen LogP contribution is -2.16. The SMILES string of the molecule is O=C(O)c1cc(C(F)(F)c2ccc(F)cc2)ccc1Br. The Morgan fingerprint density at radius 2 is 1.60 bits per heavy atom.